The molecule has 0 saturated heterocycles. The Kier molecular flexibility index (Phi) is 21.2. The zero-order chi connectivity index (χ0) is 51.8. The topological polar surface area (TPSA) is 18.8 Å². The van der Waals surface area contributed by atoms with E-state index in [0.717, 1.165) is 60.6 Å². The molecule has 0 bridgehead atoms. The van der Waals surface area contributed by atoms with Crippen LogP contribution in [0.2, 0.25) is 0 Å². The number of allylic oxidation sites excluding steroid dienone is 14. The van der Waals surface area contributed by atoms with Crippen molar-refractivity contribution in [1.82, 2.24) is 0 Å². The Bertz CT molecular complexity index is 3040. The van der Waals surface area contributed by atoms with Gasteiger partial charge in [-0.15, -0.1) is 18.9 Å². The molecule has 73 heavy (non-hydrogen) atoms. The van der Waals surface area contributed by atoms with Crippen LogP contribution in [0.15, 0.2) is 290 Å². The standard InChI is InChI=1S/C66H63N3.C2H6.C2H4/c1-6-26-64(67-8-3)53(7-2)31-23-21-27-50(4)68(61-44-41-56(42-45-61)54-32-15-10-16-33-54)59-38-25-39-60(47-46-59)69-65-48-43-58(55-34-17-11-18-35-55)49-63(65)51(5)66(69)62(57-36-19-12-20-37-57)40-24-22-30-52-28-13-9-14-29-52;2*1-2/h6,8-20,24,26-29,31-49,51H,3,7,21-23,30H2,1-2,4-5H3;1-2H3;1-2H2/b26-6-,40-24-,50-27?,53-31+,66-62-,67-64?;;. The van der Waals surface area contributed by atoms with Gasteiger partial charge in [0.2, 0.25) is 0 Å². The van der Waals surface area contributed by atoms with Gasteiger partial charge in [0.05, 0.1) is 17.1 Å². The number of benzene rings is 6. The molecule has 1 heterocycles. The fraction of sp³-hybridized carbons (Fsp3) is 0.171. The Balaban J connectivity index is 0.00000212. The Morgan fingerprint density at radius 3 is 1.90 bits per heavy atom. The minimum absolute atomic E-state index is 0.104. The van der Waals surface area contributed by atoms with E-state index >= 15 is 0 Å². The van der Waals surface area contributed by atoms with Crippen molar-refractivity contribution in [2.24, 2.45) is 4.99 Å². The van der Waals surface area contributed by atoms with Gasteiger partial charge in [0.15, 0.2) is 0 Å². The number of unbranched alkanes of at least 4 members (excludes halogenated alkanes) is 1. The number of aliphatic imine (C=N–C) groups is 1. The van der Waals surface area contributed by atoms with Gasteiger partial charge in [-0.25, -0.2) is 0 Å². The molecule has 0 spiro atoms. The molecule has 8 rings (SSSR count). The first kappa shape index (κ1) is 54.1. The van der Waals surface area contributed by atoms with E-state index in [2.05, 4.69) is 280 Å². The van der Waals surface area contributed by atoms with Crippen LogP contribution in [0.3, 0.4) is 0 Å². The highest BCUT2D eigenvalue weighted by Crippen LogP contribution is 2.50. The maximum Gasteiger partial charge on any atom is 0.0654 e. The minimum Gasteiger partial charge on any atom is -0.314 e. The van der Waals surface area contributed by atoms with Crippen LogP contribution in [0, 0.1) is 0 Å². The molecule has 0 saturated carbocycles. The number of nitrogens with zero attached hydrogens (tertiary/aromatic N) is 3. The quantitative estimate of drug-likeness (QED) is 0.0370. The summed E-state index contributed by atoms with van der Waals surface area (Å²) in [5.74, 6) is 0.104. The molecular formula is C70H73N3. The van der Waals surface area contributed by atoms with Crippen molar-refractivity contribution >= 4 is 22.7 Å². The van der Waals surface area contributed by atoms with Crippen molar-refractivity contribution < 1.29 is 0 Å². The molecule has 1 aliphatic carbocycles. The van der Waals surface area contributed by atoms with Gasteiger partial charge in [-0.05, 0) is 133 Å². The largest absolute Gasteiger partial charge is 0.314 e. The van der Waals surface area contributed by atoms with E-state index in [0.29, 0.717) is 0 Å². The Morgan fingerprint density at radius 2 is 1.27 bits per heavy atom. The molecule has 2 aliphatic rings. The minimum atomic E-state index is 0.104. The summed E-state index contributed by atoms with van der Waals surface area (Å²) in [5, 5.41) is 0. The van der Waals surface area contributed by atoms with E-state index in [1.54, 1.807) is 6.20 Å². The molecule has 6 aromatic rings. The van der Waals surface area contributed by atoms with Crippen molar-refractivity contribution in [1.29, 1.82) is 0 Å². The maximum atomic E-state index is 4.56. The summed E-state index contributed by atoms with van der Waals surface area (Å²) < 4.78 is 0. The molecule has 3 nitrogen and oxygen atoms in total. The smallest absolute Gasteiger partial charge is 0.0654 e. The van der Waals surface area contributed by atoms with E-state index in [1.807, 2.05) is 26.8 Å². The Morgan fingerprint density at radius 1 is 0.685 bits per heavy atom. The Hall–Kier alpha value is -8.23. The van der Waals surface area contributed by atoms with Gasteiger partial charge in [0.1, 0.15) is 0 Å². The first-order valence-electron chi connectivity index (χ1n) is 25.9. The fourth-order valence-corrected chi connectivity index (χ4v) is 9.37. The van der Waals surface area contributed by atoms with Crippen LogP contribution in [-0.4, -0.2) is 5.71 Å². The van der Waals surface area contributed by atoms with E-state index in [9.17, 15) is 0 Å². The molecule has 368 valence electrons. The molecule has 1 atom stereocenters. The van der Waals surface area contributed by atoms with E-state index in [-0.39, 0.29) is 5.92 Å². The first-order valence-corrected chi connectivity index (χ1v) is 25.9. The van der Waals surface area contributed by atoms with Gasteiger partial charge in [-0.1, -0.05) is 204 Å². The van der Waals surface area contributed by atoms with Gasteiger partial charge >= 0.3 is 0 Å². The van der Waals surface area contributed by atoms with E-state index < -0.39 is 0 Å². The zero-order valence-corrected chi connectivity index (χ0v) is 44.0. The molecule has 1 aliphatic heterocycles. The predicted octanol–water partition coefficient (Wildman–Crippen LogP) is 19.6. The highest BCUT2D eigenvalue weighted by atomic mass is 15.2. The molecule has 0 fully saturated rings. The van der Waals surface area contributed by atoms with Crippen LogP contribution in [0.5, 0.6) is 0 Å². The number of hydrogen-bond donors (Lipinski definition) is 0. The van der Waals surface area contributed by atoms with Gasteiger partial charge in [0.25, 0.3) is 0 Å². The average Bonchev–Trinajstić information content (AvgIpc) is 3.55. The van der Waals surface area contributed by atoms with Gasteiger partial charge in [-0.2, -0.15) is 0 Å². The zero-order valence-electron chi connectivity index (χ0n) is 44.0. The predicted molar refractivity (Wildman–Crippen MR) is 320 cm³/mol. The maximum absolute atomic E-state index is 4.56. The molecule has 0 aromatic heterocycles. The lowest BCUT2D eigenvalue weighted by atomic mass is 9.92. The number of aryl methyl sites for hydroxylation is 1. The second kappa shape index (κ2) is 28.6. The SMILES string of the molecule is C=C.C=CN=C(/C=C\C)/C(=C/CCC=C(C)N(C1=CC=C(N2/C(=C(/C=C\CCc3ccccc3)c3ccccc3)C(C)c3cc(-c4ccccc4)ccc32)C=C=C1)c1ccc(-c2ccccc2)cc1)CC.CC. The summed E-state index contributed by atoms with van der Waals surface area (Å²) in [4.78, 5) is 9.40. The van der Waals surface area contributed by atoms with Crippen molar-refractivity contribution in [3.05, 3.63) is 301 Å². The molecule has 0 radical (unpaired) electrons. The van der Waals surface area contributed by atoms with Gasteiger partial charge in [-0.3, -0.25) is 4.99 Å². The van der Waals surface area contributed by atoms with Crippen LogP contribution >= 0.6 is 0 Å². The summed E-state index contributed by atoms with van der Waals surface area (Å²) in [7, 11) is 0. The second-order valence-corrected chi connectivity index (χ2v) is 17.4. The molecule has 0 N–H and O–H groups in total. The lowest BCUT2D eigenvalue weighted by Crippen LogP contribution is -2.20. The number of fused-ring (bicyclic) bond motifs is 1. The summed E-state index contributed by atoms with van der Waals surface area (Å²) in [6.07, 6.45) is 28.5. The van der Waals surface area contributed by atoms with E-state index in [4.69, 9.17) is 0 Å². The third kappa shape index (κ3) is 14.0. The summed E-state index contributed by atoms with van der Waals surface area (Å²) >= 11 is 0. The second-order valence-electron chi connectivity index (χ2n) is 17.4. The summed E-state index contributed by atoms with van der Waals surface area (Å²) in [6.45, 7) is 22.6. The van der Waals surface area contributed by atoms with Gasteiger partial charge < -0.3 is 9.80 Å². The third-order valence-corrected chi connectivity index (χ3v) is 12.8. The Labute approximate surface area is 438 Å². The number of hydrogen-bond acceptors (Lipinski definition) is 3. The van der Waals surface area contributed by atoms with Crippen molar-refractivity contribution in [3.63, 3.8) is 0 Å². The monoisotopic (exact) mass is 956 g/mol. The van der Waals surface area contributed by atoms with Crippen LogP contribution in [0.4, 0.5) is 11.4 Å². The third-order valence-electron chi connectivity index (χ3n) is 12.8. The summed E-state index contributed by atoms with van der Waals surface area (Å²) in [6, 6.07) is 58.9. The molecule has 3 heteroatoms. The fourth-order valence-electron chi connectivity index (χ4n) is 9.37. The van der Waals surface area contributed by atoms with Crippen molar-refractivity contribution in [3.8, 4) is 22.3 Å². The lowest BCUT2D eigenvalue weighted by Gasteiger charge is -2.27. The average molecular weight is 956 g/mol. The number of anilines is 2. The molecule has 0 amide bonds. The summed E-state index contributed by atoms with van der Waals surface area (Å²) in [5.41, 5.74) is 22.5. The normalized spacial score (nSPS) is 15.1. The molecule has 6 aromatic carbocycles. The molecule has 1 unspecified atom stereocenters. The van der Waals surface area contributed by atoms with Crippen LogP contribution in [0.25, 0.3) is 27.8 Å². The highest BCUT2D eigenvalue weighted by Gasteiger charge is 2.35. The van der Waals surface area contributed by atoms with Crippen LogP contribution in [0.1, 0.15) is 89.8 Å². The van der Waals surface area contributed by atoms with Crippen LogP contribution < -0.4 is 9.80 Å². The number of rotatable bonds is 18. The highest BCUT2D eigenvalue weighted by molar-refractivity contribution is 6.08. The molecular weight excluding hydrogens is 883 g/mol. The first-order chi connectivity index (χ1) is 36.0. The van der Waals surface area contributed by atoms with Crippen LogP contribution in [-0.2, 0) is 6.42 Å². The van der Waals surface area contributed by atoms with Gasteiger partial charge in [0, 0.05) is 52.6 Å². The van der Waals surface area contributed by atoms with E-state index in [1.165, 1.54) is 61.5 Å². The van der Waals surface area contributed by atoms with Crippen molar-refractivity contribution in [2.75, 3.05) is 9.80 Å². The lowest BCUT2D eigenvalue weighted by molar-refractivity contribution is 0.915. The van der Waals surface area contributed by atoms with Crippen molar-refractivity contribution in [2.45, 2.75) is 79.6 Å².